The van der Waals surface area contributed by atoms with Gasteiger partial charge in [0.05, 0.1) is 0 Å². The second kappa shape index (κ2) is 4.42. The van der Waals surface area contributed by atoms with Crippen LogP contribution in [-0.4, -0.2) is 5.75 Å². The lowest BCUT2D eigenvalue weighted by Gasteiger charge is -2.08. The molecule has 0 spiro atoms. The minimum atomic E-state index is 0.147. The number of benzene rings is 1. The van der Waals surface area contributed by atoms with Crippen LogP contribution in [0.25, 0.3) is 0 Å². The first-order valence-electron chi connectivity index (χ1n) is 3.76. The van der Waals surface area contributed by atoms with Gasteiger partial charge in [0.15, 0.2) is 0 Å². The van der Waals surface area contributed by atoms with Crippen molar-refractivity contribution < 1.29 is 0 Å². The number of hydrogen-bond acceptors (Lipinski definition) is 2. The Balaban J connectivity index is 2.61. The van der Waals surface area contributed by atoms with Gasteiger partial charge < -0.3 is 5.73 Å². The van der Waals surface area contributed by atoms with Gasteiger partial charge in [-0.3, -0.25) is 0 Å². The smallest absolute Gasteiger partial charge is 0.0302 e. The third-order valence-corrected chi connectivity index (χ3v) is 1.93. The van der Waals surface area contributed by atoms with Gasteiger partial charge in [-0.15, -0.1) is 0 Å². The van der Waals surface area contributed by atoms with E-state index in [1.165, 1.54) is 5.56 Å². The Morgan fingerprint density at radius 3 is 2.45 bits per heavy atom. The summed E-state index contributed by atoms with van der Waals surface area (Å²) in [6.07, 6.45) is 0.938. The molecule has 2 heteroatoms. The fourth-order valence-electron chi connectivity index (χ4n) is 1.01. The molecule has 0 radical (unpaired) electrons. The summed E-state index contributed by atoms with van der Waals surface area (Å²) in [5.74, 6) is 0.843. The summed E-state index contributed by atoms with van der Waals surface area (Å²) < 4.78 is 0. The van der Waals surface area contributed by atoms with E-state index in [2.05, 4.69) is 12.6 Å². The van der Waals surface area contributed by atoms with Gasteiger partial charge in [0, 0.05) is 6.04 Å². The molecule has 11 heavy (non-hydrogen) atoms. The first kappa shape index (κ1) is 8.62. The van der Waals surface area contributed by atoms with Crippen molar-refractivity contribution in [2.24, 2.45) is 5.73 Å². The van der Waals surface area contributed by atoms with Crippen molar-refractivity contribution in [2.75, 3.05) is 5.75 Å². The quantitative estimate of drug-likeness (QED) is 0.662. The third kappa shape index (κ3) is 2.56. The van der Waals surface area contributed by atoms with Crippen molar-refractivity contribution >= 4 is 12.6 Å². The SMILES string of the molecule is NC(CCS)c1ccccc1. The van der Waals surface area contributed by atoms with Crippen LogP contribution in [0, 0.1) is 0 Å². The van der Waals surface area contributed by atoms with E-state index in [1.54, 1.807) is 0 Å². The molecule has 0 amide bonds. The van der Waals surface area contributed by atoms with Crippen LogP contribution in [0.15, 0.2) is 30.3 Å². The lowest BCUT2D eigenvalue weighted by Crippen LogP contribution is -2.10. The minimum absolute atomic E-state index is 0.147. The van der Waals surface area contributed by atoms with Gasteiger partial charge >= 0.3 is 0 Å². The van der Waals surface area contributed by atoms with Crippen molar-refractivity contribution in [1.82, 2.24) is 0 Å². The van der Waals surface area contributed by atoms with Gasteiger partial charge in [-0.1, -0.05) is 30.3 Å². The van der Waals surface area contributed by atoms with Gasteiger partial charge in [-0.05, 0) is 17.7 Å². The summed E-state index contributed by atoms with van der Waals surface area (Å²) in [5.41, 5.74) is 7.05. The number of rotatable bonds is 3. The molecule has 1 aromatic rings. The fraction of sp³-hybridized carbons (Fsp3) is 0.333. The van der Waals surface area contributed by atoms with Crippen molar-refractivity contribution in [2.45, 2.75) is 12.5 Å². The molecule has 0 aliphatic heterocycles. The topological polar surface area (TPSA) is 26.0 Å². The maximum Gasteiger partial charge on any atom is 0.0302 e. The number of hydrogen-bond donors (Lipinski definition) is 2. The molecule has 0 fully saturated rings. The Labute approximate surface area is 73.0 Å². The van der Waals surface area contributed by atoms with E-state index in [4.69, 9.17) is 5.73 Å². The van der Waals surface area contributed by atoms with E-state index in [9.17, 15) is 0 Å². The van der Waals surface area contributed by atoms with Crippen molar-refractivity contribution in [3.63, 3.8) is 0 Å². The summed E-state index contributed by atoms with van der Waals surface area (Å²) in [6.45, 7) is 0. The Morgan fingerprint density at radius 1 is 1.27 bits per heavy atom. The summed E-state index contributed by atoms with van der Waals surface area (Å²) in [4.78, 5) is 0. The predicted octanol–water partition coefficient (Wildman–Crippen LogP) is 2.01. The Bertz CT molecular complexity index is 198. The first-order valence-corrected chi connectivity index (χ1v) is 4.39. The van der Waals surface area contributed by atoms with Crippen molar-refractivity contribution in [3.05, 3.63) is 35.9 Å². The van der Waals surface area contributed by atoms with E-state index in [0.717, 1.165) is 12.2 Å². The fourth-order valence-corrected chi connectivity index (χ4v) is 1.28. The van der Waals surface area contributed by atoms with E-state index in [1.807, 2.05) is 30.3 Å². The monoisotopic (exact) mass is 167 g/mol. The highest BCUT2D eigenvalue weighted by Gasteiger charge is 2.01. The molecule has 0 bridgehead atoms. The number of thiol groups is 1. The zero-order chi connectivity index (χ0) is 8.10. The molecule has 0 saturated carbocycles. The normalized spacial score (nSPS) is 12.9. The molecule has 1 unspecified atom stereocenters. The zero-order valence-corrected chi connectivity index (χ0v) is 7.30. The highest BCUT2D eigenvalue weighted by Crippen LogP contribution is 2.12. The molecule has 1 aromatic carbocycles. The van der Waals surface area contributed by atoms with E-state index < -0.39 is 0 Å². The van der Waals surface area contributed by atoms with E-state index >= 15 is 0 Å². The van der Waals surface area contributed by atoms with E-state index in [0.29, 0.717) is 0 Å². The highest BCUT2D eigenvalue weighted by molar-refractivity contribution is 7.80. The molecule has 1 nitrogen and oxygen atoms in total. The lowest BCUT2D eigenvalue weighted by atomic mass is 10.1. The van der Waals surface area contributed by atoms with Gasteiger partial charge in [0.2, 0.25) is 0 Å². The second-order valence-corrected chi connectivity index (χ2v) is 2.98. The van der Waals surface area contributed by atoms with Gasteiger partial charge in [0.1, 0.15) is 0 Å². The van der Waals surface area contributed by atoms with Crippen LogP contribution < -0.4 is 5.73 Å². The molecule has 0 aromatic heterocycles. The summed E-state index contributed by atoms with van der Waals surface area (Å²) in [5, 5.41) is 0. The van der Waals surface area contributed by atoms with Crippen LogP contribution in [0.2, 0.25) is 0 Å². The molecule has 0 heterocycles. The highest BCUT2D eigenvalue weighted by atomic mass is 32.1. The van der Waals surface area contributed by atoms with Crippen LogP contribution in [0.3, 0.4) is 0 Å². The predicted molar refractivity (Wildman–Crippen MR) is 51.8 cm³/mol. The summed E-state index contributed by atoms with van der Waals surface area (Å²) >= 11 is 4.13. The largest absolute Gasteiger partial charge is 0.324 e. The maximum absolute atomic E-state index is 5.86. The van der Waals surface area contributed by atoms with Crippen LogP contribution in [0.1, 0.15) is 18.0 Å². The lowest BCUT2D eigenvalue weighted by molar-refractivity contribution is 0.706. The molecular weight excluding hydrogens is 154 g/mol. The first-order chi connectivity index (χ1) is 5.34. The third-order valence-electron chi connectivity index (χ3n) is 1.67. The maximum atomic E-state index is 5.86. The molecule has 0 saturated heterocycles. The molecule has 60 valence electrons. The van der Waals surface area contributed by atoms with Crippen LogP contribution in [0.4, 0.5) is 0 Å². The minimum Gasteiger partial charge on any atom is -0.324 e. The van der Waals surface area contributed by atoms with Gasteiger partial charge in [0.25, 0.3) is 0 Å². The summed E-state index contributed by atoms with van der Waals surface area (Å²) in [6, 6.07) is 10.3. The number of nitrogens with two attached hydrogens (primary N) is 1. The molecular formula is C9H13NS. The zero-order valence-electron chi connectivity index (χ0n) is 6.40. The summed E-state index contributed by atoms with van der Waals surface area (Å²) in [7, 11) is 0. The van der Waals surface area contributed by atoms with Crippen molar-refractivity contribution in [1.29, 1.82) is 0 Å². The Kier molecular flexibility index (Phi) is 3.46. The average molecular weight is 167 g/mol. The molecule has 0 aliphatic rings. The van der Waals surface area contributed by atoms with Gasteiger partial charge in [-0.25, -0.2) is 0 Å². The van der Waals surface area contributed by atoms with Crippen LogP contribution in [-0.2, 0) is 0 Å². The standard InChI is InChI=1S/C9H13NS/c10-9(6-7-11)8-4-2-1-3-5-8/h1-5,9,11H,6-7,10H2. The molecule has 2 N–H and O–H groups in total. The molecule has 1 atom stereocenters. The second-order valence-electron chi connectivity index (χ2n) is 2.53. The van der Waals surface area contributed by atoms with Crippen LogP contribution >= 0.6 is 12.6 Å². The Morgan fingerprint density at radius 2 is 1.91 bits per heavy atom. The van der Waals surface area contributed by atoms with E-state index in [-0.39, 0.29) is 6.04 Å². The molecule has 1 rings (SSSR count). The average Bonchev–Trinajstić information content (AvgIpc) is 2.07. The van der Waals surface area contributed by atoms with Gasteiger partial charge in [-0.2, -0.15) is 12.6 Å². The van der Waals surface area contributed by atoms with Crippen LogP contribution in [0.5, 0.6) is 0 Å². The van der Waals surface area contributed by atoms with Crippen molar-refractivity contribution in [3.8, 4) is 0 Å². The Hall–Kier alpha value is -0.470. The molecule has 0 aliphatic carbocycles.